The third-order valence-corrected chi connectivity index (χ3v) is 5.87. The summed E-state index contributed by atoms with van der Waals surface area (Å²) in [5.41, 5.74) is 0.516. The molecule has 7 nitrogen and oxygen atoms in total. The van der Waals surface area contributed by atoms with Crippen LogP contribution in [0.5, 0.6) is 0 Å². The number of nitrogens with zero attached hydrogens (tertiary/aromatic N) is 1. The molecule has 4 rings (SSSR count). The van der Waals surface area contributed by atoms with Gasteiger partial charge in [-0.2, -0.15) is 0 Å². The number of benzene rings is 1. The highest BCUT2D eigenvalue weighted by atomic mass is 16.3. The van der Waals surface area contributed by atoms with Crippen molar-refractivity contribution in [2.75, 3.05) is 13.1 Å². The molecular weight excluding hydrogens is 382 g/mol. The second kappa shape index (κ2) is 9.15. The number of hydrogen-bond donors (Lipinski definition) is 2. The second-order valence-electron chi connectivity index (χ2n) is 8.05. The maximum atomic E-state index is 13.0. The van der Waals surface area contributed by atoms with E-state index in [0.717, 1.165) is 12.8 Å². The minimum atomic E-state index is -0.661. The third kappa shape index (κ3) is 4.90. The molecule has 0 unspecified atom stereocenters. The number of rotatable bonds is 7. The molecule has 2 heterocycles. The number of carbonyl (C=O) groups is 3. The first-order chi connectivity index (χ1) is 14.6. The third-order valence-electron chi connectivity index (χ3n) is 5.87. The van der Waals surface area contributed by atoms with Gasteiger partial charge in [0.25, 0.3) is 5.91 Å². The molecular formula is C23H27N3O4. The molecule has 1 atom stereocenters. The zero-order valence-corrected chi connectivity index (χ0v) is 16.9. The molecule has 0 radical (unpaired) electrons. The van der Waals surface area contributed by atoms with Crippen LogP contribution in [-0.4, -0.2) is 41.8 Å². The molecule has 1 aliphatic heterocycles. The van der Waals surface area contributed by atoms with Crippen molar-refractivity contribution in [1.82, 2.24) is 15.5 Å². The molecule has 0 bridgehead atoms. The van der Waals surface area contributed by atoms with Crippen LogP contribution in [0.4, 0.5) is 0 Å². The topological polar surface area (TPSA) is 91.7 Å². The molecule has 2 fully saturated rings. The molecule has 1 aromatic heterocycles. The molecule has 3 amide bonds. The van der Waals surface area contributed by atoms with E-state index in [-0.39, 0.29) is 36.1 Å². The van der Waals surface area contributed by atoms with E-state index in [2.05, 4.69) is 10.6 Å². The number of piperidine rings is 1. The summed E-state index contributed by atoms with van der Waals surface area (Å²) in [4.78, 5) is 40.0. The number of carbonyl (C=O) groups excluding carboxylic acids is 3. The van der Waals surface area contributed by atoms with E-state index < -0.39 is 6.04 Å². The molecule has 30 heavy (non-hydrogen) atoms. The van der Waals surface area contributed by atoms with Gasteiger partial charge in [0.2, 0.25) is 11.8 Å². The quantitative estimate of drug-likeness (QED) is 0.734. The molecule has 1 saturated heterocycles. The Morgan fingerprint density at radius 1 is 1.00 bits per heavy atom. The maximum Gasteiger partial charge on any atom is 0.251 e. The number of hydrogen-bond acceptors (Lipinski definition) is 4. The lowest BCUT2D eigenvalue weighted by atomic mass is 9.88. The number of furan rings is 1. The highest BCUT2D eigenvalue weighted by Gasteiger charge is 2.38. The van der Waals surface area contributed by atoms with Crippen LogP contribution >= 0.6 is 0 Å². The van der Waals surface area contributed by atoms with Crippen LogP contribution in [0.25, 0.3) is 0 Å². The number of likely N-dealkylation sites (tertiary alicyclic amines) is 1. The average molecular weight is 409 g/mol. The Labute approximate surface area is 175 Å². The van der Waals surface area contributed by atoms with Crippen LogP contribution in [-0.2, 0) is 16.1 Å². The second-order valence-corrected chi connectivity index (χ2v) is 8.05. The molecule has 7 heteroatoms. The largest absolute Gasteiger partial charge is 0.467 e. The Hall–Kier alpha value is -3.09. The van der Waals surface area contributed by atoms with E-state index in [9.17, 15) is 14.4 Å². The fourth-order valence-electron chi connectivity index (χ4n) is 3.95. The monoisotopic (exact) mass is 409 g/mol. The molecule has 1 saturated carbocycles. The van der Waals surface area contributed by atoms with Crippen molar-refractivity contribution in [3.63, 3.8) is 0 Å². The van der Waals surface area contributed by atoms with Crippen molar-refractivity contribution in [1.29, 1.82) is 0 Å². The lowest BCUT2D eigenvalue weighted by molar-refractivity contribution is -0.134. The van der Waals surface area contributed by atoms with Crippen LogP contribution in [0.1, 0.15) is 41.8 Å². The Bertz CT molecular complexity index is 869. The van der Waals surface area contributed by atoms with Gasteiger partial charge in [0.1, 0.15) is 11.8 Å². The summed E-state index contributed by atoms with van der Waals surface area (Å²) in [6.07, 6.45) is 4.91. The van der Waals surface area contributed by atoms with Gasteiger partial charge in [-0.1, -0.05) is 18.2 Å². The lowest BCUT2D eigenvalue weighted by Crippen LogP contribution is -2.53. The van der Waals surface area contributed by atoms with Gasteiger partial charge in [-0.15, -0.1) is 0 Å². The van der Waals surface area contributed by atoms with Crippen molar-refractivity contribution in [2.24, 2.45) is 11.8 Å². The maximum absolute atomic E-state index is 13.0. The van der Waals surface area contributed by atoms with E-state index in [1.54, 1.807) is 42.7 Å². The normalized spacial score (nSPS) is 17.9. The fourth-order valence-corrected chi connectivity index (χ4v) is 3.95. The van der Waals surface area contributed by atoms with Crippen molar-refractivity contribution in [2.45, 2.75) is 38.3 Å². The smallest absolute Gasteiger partial charge is 0.251 e. The standard InChI is InChI=1S/C23H27N3O4/c27-21(17-5-2-1-3-6-17)25-20(22(28)24-15-19-7-4-14-30-19)16-10-12-26(13-11-16)23(29)18-8-9-18/h1-7,14,16,18,20H,8-13,15H2,(H,24,28)(H,25,27)/t20-/m1/s1. The fraction of sp³-hybridized carbons (Fsp3) is 0.435. The van der Waals surface area contributed by atoms with Crippen molar-refractivity contribution in [3.8, 4) is 0 Å². The van der Waals surface area contributed by atoms with E-state index in [4.69, 9.17) is 4.42 Å². The van der Waals surface area contributed by atoms with Crippen LogP contribution in [0.2, 0.25) is 0 Å². The summed E-state index contributed by atoms with van der Waals surface area (Å²) < 4.78 is 5.28. The van der Waals surface area contributed by atoms with Crippen LogP contribution in [0.3, 0.4) is 0 Å². The Morgan fingerprint density at radius 3 is 2.37 bits per heavy atom. The van der Waals surface area contributed by atoms with E-state index >= 15 is 0 Å². The Balaban J connectivity index is 1.41. The van der Waals surface area contributed by atoms with Crippen LogP contribution in [0.15, 0.2) is 53.1 Å². The first-order valence-electron chi connectivity index (χ1n) is 10.6. The van der Waals surface area contributed by atoms with E-state index in [0.29, 0.717) is 37.3 Å². The lowest BCUT2D eigenvalue weighted by Gasteiger charge is -2.36. The predicted molar refractivity (Wildman–Crippen MR) is 110 cm³/mol. The predicted octanol–water partition coefficient (Wildman–Crippen LogP) is 2.34. The summed E-state index contributed by atoms with van der Waals surface area (Å²) >= 11 is 0. The van der Waals surface area contributed by atoms with Gasteiger partial charge in [0.05, 0.1) is 12.8 Å². The number of nitrogens with one attached hydrogen (secondary N) is 2. The summed E-state index contributed by atoms with van der Waals surface area (Å²) in [5.74, 6) is 0.555. The van der Waals surface area contributed by atoms with Gasteiger partial charge in [-0.3, -0.25) is 14.4 Å². The van der Waals surface area contributed by atoms with Crippen molar-refractivity contribution >= 4 is 17.7 Å². The van der Waals surface area contributed by atoms with Gasteiger partial charge in [0.15, 0.2) is 0 Å². The van der Waals surface area contributed by atoms with E-state index in [1.807, 2.05) is 11.0 Å². The van der Waals surface area contributed by atoms with Crippen molar-refractivity contribution < 1.29 is 18.8 Å². The zero-order valence-electron chi connectivity index (χ0n) is 16.9. The summed E-state index contributed by atoms with van der Waals surface area (Å²) in [5, 5.41) is 5.80. The molecule has 1 aliphatic carbocycles. The van der Waals surface area contributed by atoms with Gasteiger partial charge >= 0.3 is 0 Å². The zero-order chi connectivity index (χ0) is 20.9. The summed E-state index contributed by atoms with van der Waals surface area (Å²) in [6.45, 7) is 1.52. The highest BCUT2D eigenvalue weighted by molar-refractivity contribution is 5.97. The molecule has 2 aromatic rings. The molecule has 158 valence electrons. The van der Waals surface area contributed by atoms with E-state index in [1.165, 1.54) is 0 Å². The Morgan fingerprint density at radius 2 is 1.73 bits per heavy atom. The Kier molecular flexibility index (Phi) is 6.16. The number of amides is 3. The minimum Gasteiger partial charge on any atom is -0.467 e. The average Bonchev–Trinajstić information content (AvgIpc) is 3.51. The van der Waals surface area contributed by atoms with Crippen LogP contribution < -0.4 is 10.6 Å². The van der Waals surface area contributed by atoms with Gasteiger partial charge < -0.3 is 20.0 Å². The van der Waals surface area contributed by atoms with Crippen LogP contribution in [0, 0.1) is 11.8 Å². The first-order valence-corrected chi connectivity index (χ1v) is 10.6. The summed E-state index contributed by atoms with van der Waals surface area (Å²) in [7, 11) is 0. The summed E-state index contributed by atoms with van der Waals surface area (Å²) in [6, 6.07) is 11.8. The first kappa shape index (κ1) is 20.2. The molecule has 0 spiro atoms. The highest BCUT2D eigenvalue weighted by Crippen LogP contribution is 2.33. The van der Waals surface area contributed by atoms with Gasteiger partial charge in [-0.25, -0.2) is 0 Å². The SMILES string of the molecule is O=C(N[C@@H](C(=O)NCc1ccco1)C1CCN(C(=O)C2CC2)CC1)c1ccccc1. The van der Waals surface area contributed by atoms with Gasteiger partial charge in [0, 0.05) is 24.6 Å². The molecule has 1 aromatic carbocycles. The van der Waals surface area contributed by atoms with Gasteiger partial charge in [-0.05, 0) is 55.9 Å². The van der Waals surface area contributed by atoms with Crippen molar-refractivity contribution in [3.05, 3.63) is 60.1 Å². The minimum absolute atomic E-state index is 0.0301. The molecule has 2 aliphatic rings. The molecule has 2 N–H and O–H groups in total.